The first kappa shape index (κ1) is 19.6. The number of carbonyl (C=O) groups excluding carboxylic acids is 2. The van der Waals surface area contributed by atoms with Gasteiger partial charge >= 0.3 is 0 Å². The van der Waals surface area contributed by atoms with Gasteiger partial charge in [0.25, 0.3) is 5.91 Å². The van der Waals surface area contributed by atoms with Crippen LogP contribution in [0, 0.1) is 24.2 Å². The predicted octanol–water partition coefficient (Wildman–Crippen LogP) is 2.90. The largest absolute Gasteiger partial charge is 0.341 e. The summed E-state index contributed by atoms with van der Waals surface area (Å²) in [6.45, 7) is 5.82. The van der Waals surface area contributed by atoms with Gasteiger partial charge in [0.15, 0.2) is 0 Å². The first-order chi connectivity index (χ1) is 12.4. The fourth-order valence-corrected chi connectivity index (χ4v) is 3.10. The van der Waals surface area contributed by atoms with E-state index >= 15 is 0 Å². The summed E-state index contributed by atoms with van der Waals surface area (Å²) < 4.78 is 0. The second kappa shape index (κ2) is 9.11. The normalized spacial score (nSPS) is 11.7. The number of carbonyl (C=O) groups is 2. The van der Waals surface area contributed by atoms with Crippen molar-refractivity contribution in [1.82, 2.24) is 15.6 Å². The van der Waals surface area contributed by atoms with Crippen LogP contribution in [0.15, 0.2) is 29.6 Å². The van der Waals surface area contributed by atoms with Gasteiger partial charge in [-0.25, -0.2) is 4.98 Å². The lowest BCUT2D eigenvalue weighted by Gasteiger charge is -2.19. The molecule has 2 aromatic rings. The van der Waals surface area contributed by atoms with E-state index < -0.39 is 6.04 Å². The monoisotopic (exact) mass is 370 g/mol. The molecule has 0 saturated carbocycles. The number of thiazole rings is 1. The van der Waals surface area contributed by atoms with Crippen LogP contribution in [0.5, 0.6) is 0 Å². The first-order valence-corrected chi connectivity index (χ1v) is 9.26. The Morgan fingerprint density at radius 2 is 1.96 bits per heavy atom. The molecule has 2 amide bonds. The van der Waals surface area contributed by atoms with Crippen molar-refractivity contribution < 1.29 is 9.59 Å². The van der Waals surface area contributed by atoms with Gasteiger partial charge in [0.2, 0.25) is 5.91 Å². The van der Waals surface area contributed by atoms with Gasteiger partial charge in [0.1, 0.15) is 12.6 Å². The number of nitrogens with zero attached hydrogens (tertiary/aromatic N) is 2. The Bertz CT molecular complexity index is 806. The molecule has 1 aromatic carbocycles. The molecule has 1 heterocycles. The van der Waals surface area contributed by atoms with Crippen LogP contribution in [0.3, 0.4) is 0 Å². The number of aryl methyl sites for hydroxylation is 1. The highest BCUT2D eigenvalue weighted by molar-refractivity contribution is 7.09. The van der Waals surface area contributed by atoms with Gasteiger partial charge in [0, 0.05) is 16.5 Å². The second-order valence-corrected chi connectivity index (χ2v) is 7.42. The van der Waals surface area contributed by atoms with E-state index in [0.717, 1.165) is 16.3 Å². The number of hydrogen-bond donors (Lipinski definition) is 2. The third kappa shape index (κ3) is 5.39. The number of amides is 2. The Labute approximate surface area is 157 Å². The van der Waals surface area contributed by atoms with E-state index in [1.54, 1.807) is 23.5 Å². The van der Waals surface area contributed by atoms with Crippen LogP contribution >= 0.6 is 11.3 Å². The first-order valence-electron chi connectivity index (χ1n) is 8.38. The highest BCUT2D eigenvalue weighted by Gasteiger charge is 2.22. The molecular weight excluding hydrogens is 348 g/mol. The molecule has 136 valence electrons. The molecule has 0 aliphatic rings. The lowest BCUT2D eigenvalue weighted by molar-refractivity contribution is -0.123. The summed E-state index contributed by atoms with van der Waals surface area (Å²) in [4.78, 5) is 29.1. The van der Waals surface area contributed by atoms with Crippen molar-refractivity contribution in [2.24, 2.45) is 5.92 Å². The Hall–Kier alpha value is -2.72. The fourth-order valence-electron chi connectivity index (χ4n) is 2.48. The van der Waals surface area contributed by atoms with Crippen LogP contribution in [-0.4, -0.2) is 29.4 Å². The molecule has 1 aromatic heterocycles. The second-order valence-electron chi connectivity index (χ2n) is 6.36. The molecule has 0 aliphatic heterocycles. The van der Waals surface area contributed by atoms with Crippen molar-refractivity contribution in [2.45, 2.75) is 33.2 Å². The van der Waals surface area contributed by atoms with Crippen LogP contribution in [-0.2, 0) is 4.79 Å². The molecule has 0 fully saturated rings. The van der Waals surface area contributed by atoms with E-state index in [2.05, 4.69) is 15.6 Å². The molecule has 0 spiro atoms. The van der Waals surface area contributed by atoms with E-state index in [1.807, 2.05) is 44.4 Å². The summed E-state index contributed by atoms with van der Waals surface area (Å²) in [6.07, 6.45) is 0.499. The molecular formula is C19H22N4O2S. The van der Waals surface area contributed by atoms with Crippen molar-refractivity contribution in [1.29, 1.82) is 5.26 Å². The maximum Gasteiger partial charge on any atom is 0.251 e. The lowest BCUT2D eigenvalue weighted by Crippen LogP contribution is -2.47. The maximum absolute atomic E-state index is 12.5. The van der Waals surface area contributed by atoms with Crippen LogP contribution in [0.4, 0.5) is 0 Å². The minimum Gasteiger partial charge on any atom is -0.341 e. The third-order valence-corrected chi connectivity index (χ3v) is 4.51. The number of aromatic nitrogens is 1. The fraction of sp³-hybridized carbons (Fsp3) is 0.368. The zero-order valence-electron chi connectivity index (χ0n) is 15.1. The number of nitrogens with one attached hydrogen (secondary N) is 2. The van der Waals surface area contributed by atoms with Crippen LogP contribution < -0.4 is 10.6 Å². The average molecular weight is 370 g/mol. The molecule has 6 nitrogen and oxygen atoms in total. The Morgan fingerprint density at radius 1 is 1.27 bits per heavy atom. The summed E-state index contributed by atoms with van der Waals surface area (Å²) in [5.41, 5.74) is 2.30. The topological polar surface area (TPSA) is 94.9 Å². The lowest BCUT2D eigenvalue weighted by atomic mass is 10.0. The minimum absolute atomic E-state index is 0.0783. The van der Waals surface area contributed by atoms with Crippen LogP contribution in [0.25, 0.3) is 11.3 Å². The molecule has 0 bridgehead atoms. The van der Waals surface area contributed by atoms with Gasteiger partial charge in [-0.05, 0) is 31.4 Å². The predicted molar refractivity (Wildman–Crippen MR) is 102 cm³/mol. The van der Waals surface area contributed by atoms with E-state index in [0.29, 0.717) is 12.0 Å². The number of rotatable bonds is 7. The summed E-state index contributed by atoms with van der Waals surface area (Å²) in [5, 5.41) is 16.8. The molecule has 26 heavy (non-hydrogen) atoms. The molecule has 0 radical (unpaired) electrons. The molecule has 1 atom stereocenters. The van der Waals surface area contributed by atoms with Gasteiger partial charge < -0.3 is 10.6 Å². The highest BCUT2D eigenvalue weighted by Crippen LogP contribution is 2.21. The van der Waals surface area contributed by atoms with Gasteiger partial charge in [-0.3, -0.25) is 9.59 Å². The van der Waals surface area contributed by atoms with Crippen molar-refractivity contribution in [3.8, 4) is 17.3 Å². The maximum atomic E-state index is 12.5. The van der Waals surface area contributed by atoms with Crippen molar-refractivity contribution in [2.75, 3.05) is 6.54 Å². The number of hydrogen-bond acceptors (Lipinski definition) is 5. The third-order valence-electron chi connectivity index (χ3n) is 3.73. The zero-order chi connectivity index (χ0) is 19.1. The van der Waals surface area contributed by atoms with E-state index in [9.17, 15) is 9.59 Å². The molecule has 0 aliphatic carbocycles. The average Bonchev–Trinajstić information content (AvgIpc) is 3.05. The minimum atomic E-state index is -0.670. The van der Waals surface area contributed by atoms with Crippen LogP contribution in [0.1, 0.15) is 35.6 Å². The van der Waals surface area contributed by atoms with Gasteiger partial charge in [-0.1, -0.05) is 26.0 Å². The summed E-state index contributed by atoms with van der Waals surface area (Å²) in [5.74, 6) is -0.435. The summed E-state index contributed by atoms with van der Waals surface area (Å²) in [7, 11) is 0. The van der Waals surface area contributed by atoms with Gasteiger partial charge in [-0.15, -0.1) is 11.3 Å². The van der Waals surface area contributed by atoms with Crippen molar-refractivity contribution in [3.63, 3.8) is 0 Å². The summed E-state index contributed by atoms with van der Waals surface area (Å²) >= 11 is 1.58. The zero-order valence-corrected chi connectivity index (χ0v) is 15.9. The van der Waals surface area contributed by atoms with Gasteiger partial charge in [0.05, 0.1) is 16.8 Å². The highest BCUT2D eigenvalue weighted by atomic mass is 32.1. The molecule has 2 rings (SSSR count). The molecule has 2 N–H and O–H groups in total. The number of nitriles is 1. The molecule has 0 saturated heterocycles. The Kier molecular flexibility index (Phi) is 6.87. The Morgan fingerprint density at radius 3 is 2.50 bits per heavy atom. The SMILES string of the molecule is Cc1nc(-c2ccc(C(=O)NC(CC(C)C)C(=O)NCC#N)cc2)cs1. The van der Waals surface area contributed by atoms with Crippen molar-refractivity contribution in [3.05, 3.63) is 40.2 Å². The molecule has 7 heteroatoms. The quantitative estimate of drug-likeness (QED) is 0.733. The van der Waals surface area contributed by atoms with E-state index in [4.69, 9.17) is 5.26 Å². The van der Waals surface area contributed by atoms with E-state index in [-0.39, 0.29) is 24.3 Å². The molecule has 1 unspecified atom stereocenters. The standard InChI is InChI=1S/C19H22N4O2S/c1-12(2)10-16(19(25)21-9-8-20)23-18(24)15-6-4-14(5-7-15)17-11-26-13(3)22-17/h4-7,11-12,16H,9-10H2,1-3H3,(H,21,25)(H,23,24). The van der Waals surface area contributed by atoms with E-state index in [1.165, 1.54) is 0 Å². The van der Waals surface area contributed by atoms with Crippen LogP contribution in [0.2, 0.25) is 0 Å². The number of benzene rings is 1. The smallest absolute Gasteiger partial charge is 0.251 e. The summed E-state index contributed by atoms with van der Waals surface area (Å²) in [6, 6.07) is 8.33. The Balaban J connectivity index is 2.08. The van der Waals surface area contributed by atoms with Crippen molar-refractivity contribution >= 4 is 23.2 Å². The van der Waals surface area contributed by atoms with Gasteiger partial charge in [-0.2, -0.15) is 5.26 Å².